The quantitative estimate of drug-likeness (QED) is 0.693. The molecule has 0 radical (unpaired) electrons. The van der Waals surface area contributed by atoms with Gasteiger partial charge in [0.2, 0.25) is 0 Å². The zero-order valence-electron chi connectivity index (χ0n) is 12.6. The van der Waals surface area contributed by atoms with E-state index in [1.807, 2.05) is 12.1 Å². The zero-order chi connectivity index (χ0) is 15.0. The fourth-order valence-corrected chi connectivity index (χ4v) is 3.29. The van der Waals surface area contributed by atoms with Crippen molar-refractivity contribution in [3.05, 3.63) is 69.7 Å². The van der Waals surface area contributed by atoms with Gasteiger partial charge >= 0.3 is 0 Å². The van der Waals surface area contributed by atoms with E-state index in [1.165, 1.54) is 22.3 Å². The molecule has 0 unspecified atom stereocenters. The van der Waals surface area contributed by atoms with Crippen LogP contribution < -0.4 is 4.74 Å². The van der Waals surface area contributed by atoms with Gasteiger partial charge in [-0.3, -0.25) is 0 Å². The van der Waals surface area contributed by atoms with Crippen LogP contribution in [0.2, 0.25) is 0 Å². The van der Waals surface area contributed by atoms with Crippen molar-refractivity contribution in [1.29, 1.82) is 0 Å². The standard InChI is InChI=1S/C19H19BrO/c1-19(2)11-10-16(13-4-7-15(21-3)8-5-13)17-9-6-14(20)12-18(17)19/h4-10,12H,11H2,1-3H3. The molecule has 0 aromatic heterocycles. The minimum absolute atomic E-state index is 0.176. The van der Waals surface area contributed by atoms with Gasteiger partial charge in [0.1, 0.15) is 5.75 Å². The number of allylic oxidation sites excluding steroid dienone is 1. The van der Waals surface area contributed by atoms with Gasteiger partial charge in [-0.1, -0.05) is 54.1 Å². The van der Waals surface area contributed by atoms with Crippen LogP contribution in [0.4, 0.5) is 0 Å². The summed E-state index contributed by atoms with van der Waals surface area (Å²) in [6.45, 7) is 4.61. The molecule has 2 heteroatoms. The number of halogens is 1. The average Bonchev–Trinajstić information content (AvgIpc) is 2.48. The molecule has 1 aliphatic rings. The predicted octanol–water partition coefficient (Wildman–Crippen LogP) is 5.57. The molecule has 0 fully saturated rings. The lowest BCUT2D eigenvalue weighted by molar-refractivity contribution is 0.415. The minimum Gasteiger partial charge on any atom is -0.497 e. The van der Waals surface area contributed by atoms with Gasteiger partial charge in [0.25, 0.3) is 0 Å². The van der Waals surface area contributed by atoms with Crippen LogP contribution in [0.25, 0.3) is 5.57 Å². The smallest absolute Gasteiger partial charge is 0.118 e. The van der Waals surface area contributed by atoms with Crippen molar-refractivity contribution in [3.63, 3.8) is 0 Å². The van der Waals surface area contributed by atoms with E-state index in [0.717, 1.165) is 16.6 Å². The van der Waals surface area contributed by atoms with Gasteiger partial charge in [-0.25, -0.2) is 0 Å². The highest BCUT2D eigenvalue weighted by Crippen LogP contribution is 2.42. The van der Waals surface area contributed by atoms with Crippen molar-refractivity contribution in [1.82, 2.24) is 0 Å². The molecular weight excluding hydrogens is 324 g/mol. The Balaban J connectivity index is 2.11. The Morgan fingerprint density at radius 3 is 2.43 bits per heavy atom. The van der Waals surface area contributed by atoms with Crippen LogP contribution in [0.15, 0.2) is 53.0 Å². The van der Waals surface area contributed by atoms with E-state index in [0.29, 0.717) is 0 Å². The molecule has 0 amide bonds. The molecule has 0 aliphatic heterocycles. The summed E-state index contributed by atoms with van der Waals surface area (Å²) >= 11 is 3.60. The number of benzene rings is 2. The average molecular weight is 343 g/mol. The van der Waals surface area contributed by atoms with E-state index in [2.05, 4.69) is 66.2 Å². The van der Waals surface area contributed by atoms with Gasteiger partial charge in [-0.2, -0.15) is 0 Å². The molecule has 1 aliphatic carbocycles. The molecule has 0 N–H and O–H groups in total. The lowest BCUT2D eigenvalue weighted by Crippen LogP contribution is -2.21. The SMILES string of the molecule is COc1ccc(C2=CCC(C)(C)c3cc(Br)ccc32)cc1. The van der Waals surface area contributed by atoms with Crippen LogP contribution in [-0.2, 0) is 5.41 Å². The maximum atomic E-state index is 5.25. The van der Waals surface area contributed by atoms with Crippen molar-refractivity contribution >= 4 is 21.5 Å². The highest BCUT2D eigenvalue weighted by molar-refractivity contribution is 9.10. The Bertz CT molecular complexity index is 696. The Hall–Kier alpha value is -1.54. The fourth-order valence-electron chi connectivity index (χ4n) is 2.93. The second kappa shape index (κ2) is 5.34. The van der Waals surface area contributed by atoms with Crippen molar-refractivity contribution < 1.29 is 4.74 Å². The first-order valence-electron chi connectivity index (χ1n) is 7.16. The van der Waals surface area contributed by atoms with Gasteiger partial charge in [-0.15, -0.1) is 0 Å². The van der Waals surface area contributed by atoms with Crippen molar-refractivity contribution in [3.8, 4) is 5.75 Å². The zero-order valence-corrected chi connectivity index (χ0v) is 14.2. The highest BCUT2D eigenvalue weighted by atomic mass is 79.9. The molecule has 108 valence electrons. The van der Waals surface area contributed by atoms with Gasteiger partial charge in [0.15, 0.2) is 0 Å². The monoisotopic (exact) mass is 342 g/mol. The Morgan fingerprint density at radius 1 is 1.05 bits per heavy atom. The van der Waals surface area contributed by atoms with Crippen LogP contribution >= 0.6 is 15.9 Å². The molecule has 3 rings (SSSR count). The van der Waals surface area contributed by atoms with Crippen molar-refractivity contribution in [2.45, 2.75) is 25.7 Å². The lowest BCUT2D eigenvalue weighted by atomic mass is 9.72. The first kappa shape index (κ1) is 14.4. The Morgan fingerprint density at radius 2 is 1.76 bits per heavy atom. The first-order chi connectivity index (χ1) is 10.0. The Labute approximate surface area is 134 Å². The maximum absolute atomic E-state index is 5.25. The number of hydrogen-bond donors (Lipinski definition) is 0. The molecular formula is C19H19BrO. The summed E-state index contributed by atoms with van der Waals surface area (Å²) in [5.41, 5.74) is 5.48. The van der Waals surface area contributed by atoms with E-state index in [-0.39, 0.29) is 5.41 Å². The number of fused-ring (bicyclic) bond motifs is 1. The molecule has 0 bridgehead atoms. The van der Waals surface area contributed by atoms with E-state index < -0.39 is 0 Å². The molecule has 1 nitrogen and oxygen atoms in total. The third-order valence-electron chi connectivity index (χ3n) is 4.22. The molecule has 2 aromatic rings. The summed E-state index contributed by atoms with van der Waals surface area (Å²) in [6.07, 6.45) is 3.41. The number of ether oxygens (including phenoxy) is 1. The van der Waals surface area contributed by atoms with Crippen LogP contribution in [0, 0.1) is 0 Å². The van der Waals surface area contributed by atoms with Crippen LogP contribution in [0.1, 0.15) is 37.0 Å². The van der Waals surface area contributed by atoms with E-state index >= 15 is 0 Å². The van der Waals surface area contributed by atoms with Crippen molar-refractivity contribution in [2.75, 3.05) is 7.11 Å². The number of rotatable bonds is 2. The van der Waals surface area contributed by atoms with E-state index in [9.17, 15) is 0 Å². The minimum atomic E-state index is 0.176. The topological polar surface area (TPSA) is 9.23 Å². The summed E-state index contributed by atoms with van der Waals surface area (Å²) in [5, 5.41) is 0. The third-order valence-corrected chi connectivity index (χ3v) is 4.71. The molecule has 0 saturated heterocycles. The van der Waals surface area contributed by atoms with E-state index in [4.69, 9.17) is 4.74 Å². The maximum Gasteiger partial charge on any atom is 0.118 e. The summed E-state index contributed by atoms with van der Waals surface area (Å²) in [7, 11) is 1.70. The fraction of sp³-hybridized carbons (Fsp3) is 0.263. The summed E-state index contributed by atoms with van der Waals surface area (Å²) in [4.78, 5) is 0. The van der Waals surface area contributed by atoms with Gasteiger partial charge in [-0.05, 0) is 58.4 Å². The van der Waals surface area contributed by atoms with Gasteiger partial charge in [0, 0.05) is 4.47 Å². The summed E-state index contributed by atoms with van der Waals surface area (Å²) < 4.78 is 6.39. The molecule has 21 heavy (non-hydrogen) atoms. The number of hydrogen-bond acceptors (Lipinski definition) is 1. The van der Waals surface area contributed by atoms with Crippen LogP contribution in [0.5, 0.6) is 5.75 Å². The largest absolute Gasteiger partial charge is 0.497 e. The first-order valence-corrected chi connectivity index (χ1v) is 7.95. The molecule has 0 heterocycles. The molecule has 2 aromatic carbocycles. The molecule has 0 atom stereocenters. The second-order valence-electron chi connectivity index (χ2n) is 6.12. The second-order valence-corrected chi connectivity index (χ2v) is 7.04. The Kier molecular flexibility index (Phi) is 3.66. The van der Waals surface area contributed by atoms with Crippen molar-refractivity contribution in [2.24, 2.45) is 0 Å². The normalized spacial score (nSPS) is 16.1. The van der Waals surface area contributed by atoms with Gasteiger partial charge < -0.3 is 4.74 Å². The molecule has 0 spiro atoms. The predicted molar refractivity (Wildman–Crippen MR) is 91.9 cm³/mol. The van der Waals surface area contributed by atoms with Gasteiger partial charge in [0.05, 0.1) is 7.11 Å². The summed E-state index contributed by atoms with van der Waals surface area (Å²) in [5.74, 6) is 0.895. The molecule has 0 saturated carbocycles. The van der Waals surface area contributed by atoms with Crippen LogP contribution in [0.3, 0.4) is 0 Å². The highest BCUT2D eigenvalue weighted by Gasteiger charge is 2.28. The van der Waals surface area contributed by atoms with E-state index in [1.54, 1.807) is 7.11 Å². The van der Waals surface area contributed by atoms with Crippen LogP contribution in [-0.4, -0.2) is 7.11 Å². The summed E-state index contributed by atoms with van der Waals surface area (Å²) in [6, 6.07) is 14.9. The third kappa shape index (κ3) is 2.65. The number of methoxy groups -OCH3 is 1. The lowest BCUT2D eigenvalue weighted by Gasteiger charge is -2.32.